The molecule has 0 N–H and O–H groups in total. The minimum Gasteiger partial charge on any atom is -0.460 e. The molecule has 0 aliphatic heterocycles. The zero-order valence-corrected chi connectivity index (χ0v) is 18.7. The van der Waals surface area contributed by atoms with E-state index in [0.717, 1.165) is 18.8 Å². The summed E-state index contributed by atoms with van der Waals surface area (Å²) in [5.41, 5.74) is -0.520. The van der Waals surface area contributed by atoms with Gasteiger partial charge in [0.05, 0.1) is 13.0 Å². The van der Waals surface area contributed by atoms with Crippen LogP contribution in [0.15, 0.2) is 4.52 Å². The average molecular weight is 408 g/mol. The number of nitrogens with zero attached hydrogens (tertiary/aromatic N) is 3. The van der Waals surface area contributed by atoms with Crippen molar-refractivity contribution in [2.24, 2.45) is 5.92 Å². The number of esters is 1. The van der Waals surface area contributed by atoms with Crippen LogP contribution in [0.5, 0.6) is 0 Å². The van der Waals surface area contributed by atoms with Crippen molar-refractivity contribution in [2.75, 3.05) is 7.05 Å². The Hall–Kier alpha value is -1.92. The first kappa shape index (κ1) is 23.4. The quantitative estimate of drug-likeness (QED) is 0.556. The Bertz CT molecular complexity index is 659. The summed E-state index contributed by atoms with van der Waals surface area (Å²) in [5, 5.41) is 4.01. The molecule has 1 aromatic heterocycles. The summed E-state index contributed by atoms with van der Waals surface area (Å²) >= 11 is 0. The van der Waals surface area contributed by atoms with E-state index in [2.05, 4.69) is 10.1 Å². The number of hydrogen-bond acceptors (Lipinski definition) is 6. The molecule has 1 fully saturated rings. The Morgan fingerprint density at radius 2 is 1.93 bits per heavy atom. The van der Waals surface area contributed by atoms with Crippen molar-refractivity contribution in [1.82, 2.24) is 15.0 Å². The molecule has 1 aliphatic carbocycles. The summed E-state index contributed by atoms with van der Waals surface area (Å²) in [6.45, 7) is 7.39. The van der Waals surface area contributed by atoms with Crippen LogP contribution >= 0.6 is 0 Å². The van der Waals surface area contributed by atoms with E-state index in [0.29, 0.717) is 18.3 Å². The number of hydrogen-bond donors (Lipinski definition) is 0. The minimum absolute atomic E-state index is 0.0610. The van der Waals surface area contributed by atoms with E-state index in [1.807, 2.05) is 20.8 Å². The Morgan fingerprint density at radius 1 is 1.24 bits per heavy atom. The molecule has 7 heteroatoms. The molecule has 1 aliphatic rings. The normalized spacial score (nSPS) is 16.4. The molecule has 2 rings (SSSR count). The lowest BCUT2D eigenvalue weighted by Crippen LogP contribution is -2.25. The Morgan fingerprint density at radius 3 is 2.55 bits per heavy atom. The lowest BCUT2D eigenvalue weighted by atomic mass is 9.84. The van der Waals surface area contributed by atoms with Crippen LogP contribution in [-0.4, -0.2) is 39.6 Å². The van der Waals surface area contributed by atoms with Crippen molar-refractivity contribution in [3.05, 3.63) is 11.7 Å². The van der Waals surface area contributed by atoms with E-state index in [1.165, 1.54) is 50.3 Å². The first-order chi connectivity index (χ1) is 13.6. The summed E-state index contributed by atoms with van der Waals surface area (Å²) < 4.78 is 11.0. The van der Waals surface area contributed by atoms with Crippen molar-refractivity contribution >= 4 is 11.9 Å². The Labute approximate surface area is 174 Å². The smallest absolute Gasteiger partial charge is 0.307 e. The summed E-state index contributed by atoms with van der Waals surface area (Å²) in [6, 6.07) is 0. The SMILES string of the molecule is CC(=O)N(C)Cc1noc(C(CCCC2CCCCC2)CC(=O)OC(C)(C)C)n1. The van der Waals surface area contributed by atoms with Crippen LogP contribution in [0, 0.1) is 5.92 Å². The summed E-state index contributed by atoms with van der Waals surface area (Å²) in [5.74, 6) is 1.26. The third-order valence-electron chi connectivity index (χ3n) is 5.47. The molecule has 1 heterocycles. The molecule has 0 radical (unpaired) electrons. The Kier molecular flexibility index (Phi) is 8.65. The second-order valence-electron chi connectivity index (χ2n) is 9.35. The predicted molar refractivity (Wildman–Crippen MR) is 110 cm³/mol. The highest BCUT2D eigenvalue weighted by atomic mass is 16.6. The van der Waals surface area contributed by atoms with Gasteiger partial charge in [-0.15, -0.1) is 0 Å². The maximum atomic E-state index is 12.4. The van der Waals surface area contributed by atoms with Gasteiger partial charge in [0, 0.05) is 19.9 Å². The number of rotatable bonds is 9. The standard InChI is InChI=1S/C22H37N3O4/c1-16(26)25(5)15-19-23-21(29-24-19)18(14-20(27)28-22(2,3)4)13-9-12-17-10-7-6-8-11-17/h17-18H,6-15H2,1-5H3. The predicted octanol–water partition coefficient (Wildman–Crippen LogP) is 4.61. The van der Waals surface area contributed by atoms with Crippen molar-refractivity contribution in [2.45, 2.75) is 104 Å². The first-order valence-electron chi connectivity index (χ1n) is 10.9. The number of amides is 1. The molecule has 1 unspecified atom stereocenters. The van der Waals surface area contributed by atoms with Gasteiger partial charge in [0.1, 0.15) is 5.60 Å². The van der Waals surface area contributed by atoms with E-state index in [9.17, 15) is 9.59 Å². The Balaban J connectivity index is 1.99. The van der Waals surface area contributed by atoms with Gasteiger partial charge >= 0.3 is 5.97 Å². The van der Waals surface area contributed by atoms with Crippen molar-refractivity contribution in [1.29, 1.82) is 0 Å². The maximum Gasteiger partial charge on any atom is 0.307 e. The number of carbonyl (C=O) groups is 2. The fourth-order valence-electron chi connectivity index (χ4n) is 3.85. The third kappa shape index (κ3) is 8.54. The van der Waals surface area contributed by atoms with Gasteiger partial charge in [-0.1, -0.05) is 50.1 Å². The molecule has 0 spiro atoms. The van der Waals surface area contributed by atoms with Gasteiger partial charge in [-0.25, -0.2) is 0 Å². The van der Waals surface area contributed by atoms with Crippen LogP contribution in [0.2, 0.25) is 0 Å². The number of aromatic nitrogens is 2. The molecule has 0 aromatic carbocycles. The van der Waals surface area contributed by atoms with E-state index >= 15 is 0 Å². The van der Waals surface area contributed by atoms with Gasteiger partial charge < -0.3 is 14.2 Å². The third-order valence-corrected chi connectivity index (χ3v) is 5.47. The minimum atomic E-state index is -0.520. The van der Waals surface area contributed by atoms with Crippen LogP contribution in [0.1, 0.15) is 103 Å². The molecule has 0 saturated heterocycles. The monoisotopic (exact) mass is 407 g/mol. The average Bonchev–Trinajstić information content (AvgIpc) is 3.08. The van der Waals surface area contributed by atoms with Crippen molar-refractivity contribution in [3.63, 3.8) is 0 Å². The lowest BCUT2D eigenvalue weighted by molar-refractivity contribution is -0.155. The van der Waals surface area contributed by atoms with Crippen LogP contribution in [0.3, 0.4) is 0 Å². The van der Waals surface area contributed by atoms with E-state index < -0.39 is 5.60 Å². The van der Waals surface area contributed by atoms with Crippen LogP contribution < -0.4 is 0 Å². The van der Waals surface area contributed by atoms with Gasteiger partial charge in [0.2, 0.25) is 11.8 Å². The second-order valence-corrected chi connectivity index (χ2v) is 9.35. The molecular weight excluding hydrogens is 370 g/mol. The first-order valence-corrected chi connectivity index (χ1v) is 10.9. The molecule has 0 bridgehead atoms. The summed E-state index contributed by atoms with van der Waals surface area (Å²) in [7, 11) is 1.70. The molecule has 1 amide bonds. The summed E-state index contributed by atoms with van der Waals surface area (Å²) in [6.07, 6.45) is 9.92. The van der Waals surface area contributed by atoms with Gasteiger partial charge in [-0.05, 0) is 33.1 Å². The van der Waals surface area contributed by atoms with Crippen LogP contribution in [0.4, 0.5) is 0 Å². The topological polar surface area (TPSA) is 85.5 Å². The van der Waals surface area contributed by atoms with E-state index in [1.54, 1.807) is 7.05 Å². The summed E-state index contributed by atoms with van der Waals surface area (Å²) in [4.78, 5) is 29.9. The molecular formula is C22H37N3O4. The van der Waals surface area contributed by atoms with Crippen molar-refractivity contribution < 1.29 is 18.8 Å². The fraction of sp³-hybridized carbons (Fsp3) is 0.818. The molecule has 1 saturated carbocycles. The second kappa shape index (κ2) is 10.7. The van der Waals surface area contributed by atoms with Crippen molar-refractivity contribution in [3.8, 4) is 0 Å². The van der Waals surface area contributed by atoms with E-state index in [4.69, 9.17) is 9.26 Å². The van der Waals surface area contributed by atoms with Gasteiger partial charge in [-0.3, -0.25) is 9.59 Å². The number of ether oxygens (including phenoxy) is 1. The highest BCUT2D eigenvalue weighted by Gasteiger charge is 2.26. The molecule has 7 nitrogen and oxygen atoms in total. The highest BCUT2D eigenvalue weighted by molar-refractivity contribution is 5.72. The van der Waals surface area contributed by atoms with Gasteiger partial charge in [0.25, 0.3) is 0 Å². The van der Waals surface area contributed by atoms with Gasteiger partial charge in [0.15, 0.2) is 5.82 Å². The number of carbonyl (C=O) groups excluding carboxylic acids is 2. The lowest BCUT2D eigenvalue weighted by Gasteiger charge is -2.23. The molecule has 29 heavy (non-hydrogen) atoms. The zero-order valence-electron chi connectivity index (χ0n) is 18.7. The van der Waals surface area contributed by atoms with Crippen LogP contribution in [-0.2, 0) is 20.9 Å². The molecule has 1 atom stereocenters. The highest BCUT2D eigenvalue weighted by Crippen LogP contribution is 2.31. The fourth-order valence-corrected chi connectivity index (χ4v) is 3.85. The molecule has 164 valence electrons. The maximum absolute atomic E-state index is 12.4. The largest absolute Gasteiger partial charge is 0.460 e. The zero-order chi connectivity index (χ0) is 21.4. The van der Waals surface area contributed by atoms with Gasteiger partial charge in [-0.2, -0.15) is 4.98 Å². The molecule has 1 aromatic rings. The van der Waals surface area contributed by atoms with Crippen LogP contribution in [0.25, 0.3) is 0 Å². The van der Waals surface area contributed by atoms with E-state index in [-0.39, 0.29) is 24.2 Å².